The first-order valence-corrected chi connectivity index (χ1v) is 4.78. The second kappa shape index (κ2) is 5.62. The van der Waals surface area contributed by atoms with Crippen molar-refractivity contribution < 1.29 is 23.0 Å². The van der Waals surface area contributed by atoms with Crippen LogP contribution in [0.15, 0.2) is 12.1 Å². The average Bonchev–Trinajstić information content (AvgIpc) is 2.27. The summed E-state index contributed by atoms with van der Waals surface area (Å²) in [5.41, 5.74) is 5.49. The van der Waals surface area contributed by atoms with Crippen LogP contribution in [-0.4, -0.2) is 31.3 Å². The van der Waals surface area contributed by atoms with Crippen molar-refractivity contribution in [1.29, 1.82) is 0 Å². The minimum atomic E-state index is -2.89. The summed E-state index contributed by atoms with van der Waals surface area (Å²) in [7, 11) is 1.35. The average molecular weight is 250 g/mol. The first-order chi connectivity index (χ1) is 7.95. The summed E-state index contributed by atoms with van der Waals surface area (Å²) >= 11 is 0. The Kier molecular flexibility index (Phi) is 4.45. The molecule has 0 aliphatic carbocycles. The predicted molar refractivity (Wildman–Crippen MR) is 57.9 cm³/mol. The Balaban J connectivity index is 2.77. The number of nitrogen functional groups attached to an aromatic ring is 1. The molecule has 0 heterocycles. The summed E-state index contributed by atoms with van der Waals surface area (Å²) in [6.07, 6.45) is -4.75. The van der Waals surface area contributed by atoms with E-state index in [2.05, 4.69) is 5.32 Å². The number of aliphatic hydroxyl groups excluding tert-OH is 1. The molecule has 1 atom stereocenters. The number of alkyl halides is 2. The van der Waals surface area contributed by atoms with Gasteiger partial charge in [0.25, 0.3) is 6.43 Å². The topological polar surface area (TPSA) is 67.5 Å². The molecule has 0 aliphatic heterocycles. The van der Waals surface area contributed by atoms with Gasteiger partial charge in [0, 0.05) is 18.7 Å². The summed E-state index contributed by atoms with van der Waals surface area (Å²) in [4.78, 5) is 0. The van der Waals surface area contributed by atoms with Crippen molar-refractivity contribution in [3.63, 3.8) is 0 Å². The maximum absolute atomic E-state index is 13.4. The molecule has 0 fully saturated rings. The quantitative estimate of drug-likeness (QED) is 0.692. The maximum atomic E-state index is 13.4. The van der Waals surface area contributed by atoms with Gasteiger partial charge in [-0.25, -0.2) is 13.2 Å². The van der Waals surface area contributed by atoms with Gasteiger partial charge in [-0.2, -0.15) is 0 Å². The lowest BCUT2D eigenvalue weighted by molar-refractivity contribution is 0.00381. The van der Waals surface area contributed by atoms with Gasteiger partial charge in [-0.3, -0.25) is 0 Å². The lowest BCUT2D eigenvalue weighted by Gasteiger charge is -2.14. The van der Waals surface area contributed by atoms with Crippen molar-refractivity contribution in [3.05, 3.63) is 17.9 Å². The number of hydrogen-bond acceptors (Lipinski definition) is 4. The summed E-state index contributed by atoms with van der Waals surface area (Å²) in [5.74, 6) is -0.481. The highest BCUT2D eigenvalue weighted by Crippen LogP contribution is 2.28. The van der Waals surface area contributed by atoms with Crippen LogP contribution >= 0.6 is 0 Å². The number of methoxy groups -OCH3 is 1. The number of nitrogens with one attached hydrogen (secondary N) is 1. The molecule has 4 N–H and O–H groups in total. The summed E-state index contributed by atoms with van der Waals surface area (Å²) in [6.45, 7) is -0.471. The minimum Gasteiger partial charge on any atom is -0.495 e. The van der Waals surface area contributed by atoms with E-state index in [1.165, 1.54) is 13.2 Å². The van der Waals surface area contributed by atoms with E-state index >= 15 is 0 Å². The minimum absolute atomic E-state index is 0.0595. The number of halogens is 3. The molecule has 4 nitrogen and oxygen atoms in total. The van der Waals surface area contributed by atoms with E-state index in [0.29, 0.717) is 0 Å². The van der Waals surface area contributed by atoms with Crippen LogP contribution < -0.4 is 15.8 Å². The fourth-order valence-corrected chi connectivity index (χ4v) is 1.18. The van der Waals surface area contributed by atoms with Crippen LogP contribution in [0.4, 0.5) is 24.5 Å². The molecule has 0 aliphatic rings. The molecule has 0 spiro atoms. The fourth-order valence-electron chi connectivity index (χ4n) is 1.18. The van der Waals surface area contributed by atoms with E-state index in [1.54, 1.807) is 0 Å². The van der Waals surface area contributed by atoms with Gasteiger partial charge < -0.3 is 20.9 Å². The molecule has 0 saturated carbocycles. The molecule has 96 valence electrons. The van der Waals surface area contributed by atoms with E-state index in [0.717, 1.165) is 6.07 Å². The zero-order valence-corrected chi connectivity index (χ0v) is 9.08. The lowest BCUT2D eigenvalue weighted by atomic mass is 10.2. The van der Waals surface area contributed by atoms with Gasteiger partial charge >= 0.3 is 0 Å². The Morgan fingerprint density at radius 2 is 2.12 bits per heavy atom. The first kappa shape index (κ1) is 13.4. The SMILES string of the molecule is COc1cc(NCC(O)C(F)F)c(F)cc1N. The Bertz CT molecular complexity index is 388. The summed E-state index contributed by atoms with van der Waals surface area (Å²) in [6, 6.07) is 2.25. The molecule has 0 radical (unpaired) electrons. The van der Waals surface area contributed by atoms with Crippen LogP contribution in [0.2, 0.25) is 0 Å². The molecule has 0 bridgehead atoms. The van der Waals surface area contributed by atoms with Crippen molar-refractivity contribution in [3.8, 4) is 5.75 Å². The smallest absolute Gasteiger partial charge is 0.265 e. The summed E-state index contributed by atoms with van der Waals surface area (Å²) in [5, 5.41) is 11.2. The van der Waals surface area contributed by atoms with Crippen molar-refractivity contribution in [1.82, 2.24) is 0 Å². The number of rotatable bonds is 5. The second-order valence-corrected chi connectivity index (χ2v) is 3.36. The second-order valence-electron chi connectivity index (χ2n) is 3.36. The largest absolute Gasteiger partial charge is 0.495 e. The van der Waals surface area contributed by atoms with Crippen molar-refractivity contribution in [2.75, 3.05) is 24.7 Å². The lowest BCUT2D eigenvalue weighted by Crippen LogP contribution is -2.27. The molecule has 1 rings (SSSR count). The van der Waals surface area contributed by atoms with E-state index in [9.17, 15) is 13.2 Å². The first-order valence-electron chi connectivity index (χ1n) is 4.78. The third-order valence-electron chi connectivity index (χ3n) is 2.11. The van der Waals surface area contributed by atoms with Gasteiger partial charge in [0.05, 0.1) is 18.5 Å². The van der Waals surface area contributed by atoms with Crippen LogP contribution in [0.1, 0.15) is 0 Å². The zero-order valence-electron chi connectivity index (χ0n) is 9.08. The molecule has 17 heavy (non-hydrogen) atoms. The van der Waals surface area contributed by atoms with Crippen molar-refractivity contribution in [2.24, 2.45) is 0 Å². The van der Waals surface area contributed by atoms with Crippen LogP contribution in [0, 0.1) is 5.82 Å². The molecular weight excluding hydrogens is 237 g/mol. The van der Waals surface area contributed by atoms with E-state index < -0.39 is 24.9 Å². The van der Waals surface area contributed by atoms with Gasteiger partial charge in [-0.05, 0) is 0 Å². The maximum Gasteiger partial charge on any atom is 0.265 e. The number of anilines is 2. The van der Waals surface area contributed by atoms with E-state index in [4.69, 9.17) is 15.6 Å². The van der Waals surface area contributed by atoms with Crippen molar-refractivity contribution in [2.45, 2.75) is 12.5 Å². The van der Waals surface area contributed by atoms with E-state index in [-0.39, 0.29) is 17.1 Å². The van der Waals surface area contributed by atoms with Crippen LogP contribution in [0.3, 0.4) is 0 Å². The normalized spacial score (nSPS) is 12.6. The molecular formula is C10H13F3N2O2. The molecule has 7 heteroatoms. The van der Waals surface area contributed by atoms with Gasteiger partial charge in [0.15, 0.2) is 0 Å². The highest BCUT2D eigenvalue weighted by Gasteiger charge is 2.17. The third kappa shape index (κ3) is 3.42. The monoisotopic (exact) mass is 250 g/mol. The summed E-state index contributed by atoms with van der Waals surface area (Å²) < 4.78 is 42.2. The molecule has 1 unspecified atom stereocenters. The van der Waals surface area contributed by atoms with Gasteiger partial charge in [0.1, 0.15) is 17.7 Å². The molecule has 0 saturated heterocycles. The standard InChI is InChI=1S/C10H13F3N2O2/c1-17-9-3-7(5(11)2-6(9)14)15-4-8(16)10(12)13/h2-3,8,10,15-16H,4,14H2,1H3. The zero-order chi connectivity index (χ0) is 13.0. The molecule has 1 aromatic carbocycles. The molecule has 0 amide bonds. The Morgan fingerprint density at radius 1 is 1.47 bits per heavy atom. The van der Waals surface area contributed by atoms with Crippen LogP contribution in [0.25, 0.3) is 0 Å². The Morgan fingerprint density at radius 3 is 2.65 bits per heavy atom. The number of hydrogen-bond donors (Lipinski definition) is 3. The van der Waals surface area contributed by atoms with Crippen LogP contribution in [0.5, 0.6) is 5.75 Å². The van der Waals surface area contributed by atoms with Crippen LogP contribution in [-0.2, 0) is 0 Å². The third-order valence-corrected chi connectivity index (χ3v) is 2.11. The van der Waals surface area contributed by atoms with E-state index in [1.807, 2.05) is 0 Å². The number of nitrogens with two attached hydrogens (primary N) is 1. The van der Waals surface area contributed by atoms with Gasteiger partial charge in [-0.1, -0.05) is 0 Å². The van der Waals surface area contributed by atoms with Crippen molar-refractivity contribution >= 4 is 11.4 Å². The van der Waals surface area contributed by atoms with Gasteiger partial charge in [0.2, 0.25) is 0 Å². The Hall–Kier alpha value is -1.63. The predicted octanol–water partition coefficient (Wildman–Crippen LogP) is 1.45. The molecule has 0 aromatic heterocycles. The Labute approximate surface area is 96.2 Å². The number of ether oxygens (including phenoxy) is 1. The number of aliphatic hydroxyl groups is 1. The highest BCUT2D eigenvalue weighted by molar-refractivity contribution is 5.62. The van der Waals surface area contributed by atoms with Gasteiger partial charge in [-0.15, -0.1) is 0 Å². The highest BCUT2D eigenvalue weighted by atomic mass is 19.3. The molecule has 1 aromatic rings. The fraction of sp³-hybridized carbons (Fsp3) is 0.400. The number of benzene rings is 1.